The van der Waals surface area contributed by atoms with Gasteiger partial charge in [0.25, 0.3) is 5.91 Å². The number of amides is 2. The Morgan fingerprint density at radius 1 is 1.24 bits per heavy atom. The maximum atomic E-state index is 12.8. The van der Waals surface area contributed by atoms with Crippen molar-refractivity contribution in [2.24, 2.45) is 5.92 Å². The van der Waals surface area contributed by atoms with Crippen molar-refractivity contribution in [1.82, 2.24) is 10.2 Å². The number of carbonyl (C=O) groups is 2. The van der Waals surface area contributed by atoms with Crippen molar-refractivity contribution in [3.63, 3.8) is 0 Å². The van der Waals surface area contributed by atoms with E-state index in [0.717, 1.165) is 18.4 Å². The maximum Gasteiger partial charge on any atom is 0.251 e. The van der Waals surface area contributed by atoms with Crippen LogP contribution in [0.3, 0.4) is 0 Å². The molecule has 0 bridgehead atoms. The Morgan fingerprint density at radius 3 is 2.48 bits per heavy atom. The Labute approximate surface area is 125 Å². The van der Waals surface area contributed by atoms with Crippen LogP contribution in [0.25, 0.3) is 0 Å². The van der Waals surface area contributed by atoms with Gasteiger partial charge in [-0.05, 0) is 37.7 Å². The molecule has 0 aromatic heterocycles. The minimum Gasteiger partial charge on any atom is -0.342 e. The molecule has 1 saturated carbocycles. The molecule has 112 valence electrons. The summed E-state index contributed by atoms with van der Waals surface area (Å²) in [4.78, 5) is 27.3. The molecule has 1 aliphatic carbocycles. The van der Waals surface area contributed by atoms with Gasteiger partial charge in [0, 0.05) is 6.54 Å². The van der Waals surface area contributed by atoms with Gasteiger partial charge in [-0.2, -0.15) is 0 Å². The molecule has 1 aromatic rings. The Kier molecular flexibility index (Phi) is 3.47. The lowest BCUT2D eigenvalue weighted by Gasteiger charge is -2.46. The predicted molar refractivity (Wildman–Crippen MR) is 80.5 cm³/mol. The van der Waals surface area contributed by atoms with E-state index in [1.54, 1.807) is 0 Å². The van der Waals surface area contributed by atoms with Crippen molar-refractivity contribution < 1.29 is 9.59 Å². The number of rotatable bonds is 4. The maximum absolute atomic E-state index is 12.8. The van der Waals surface area contributed by atoms with Crippen LogP contribution >= 0.6 is 0 Å². The van der Waals surface area contributed by atoms with E-state index in [2.05, 4.69) is 5.32 Å². The van der Waals surface area contributed by atoms with Crippen molar-refractivity contribution in [2.45, 2.75) is 44.7 Å². The first-order chi connectivity index (χ1) is 10.1. The molecule has 1 heterocycles. The average molecular weight is 286 g/mol. The summed E-state index contributed by atoms with van der Waals surface area (Å²) >= 11 is 0. The highest BCUT2D eigenvalue weighted by molar-refractivity contribution is 6.00. The monoisotopic (exact) mass is 286 g/mol. The van der Waals surface area contributed by atoms with Gasteiger partial charge in [0.2, 0.25) is 5.91 Å². The van der Waals surface area contributed by atoms with Gasteiger partial charge < -0.3 is 10.2 Å². The zero-order valence-corrected chi connectivity index (χ0v) is 12.6. The van der Waals surface area contributed by atoms with Crippen LogP contribution in [0.5, 0.6) is 0 Å². The Balaban J connectivity index is 2.01. The van der Waals surface area contributed by atoms with E-state index in [9.17, 15) is 9.59 Å². The number of nitrogens with one attached hydrogen (secondary N) is 1. The van der Waals surface area contributed by atoms with Crippen LogP contribution in [0.2, 0.25) is 0 Å². The van der Waals surface area contributed by atoms with Gasteiger partial charge in [-0.25, -0.2) is 0 Å². The van der Waals surface area contributed by atoms with Crippen LogP contribution in [-0.2, 0) is 15.1 Å². The van der Waals surface area contributed by atoms with Crippen LogP contribution in [0.4, 0.5) is 0 Å². The fourth-order valence-corrected chi connectivity index (χ4v) is 3.05. The van der Waals surface area contributed by atoms with Gasteiger partial charge in [0.05, 0.1) is 0 Å². The number of nitrogens with zero attached hydrogens (tertiary/aromatic N) is 1. The van der Waals surface area contributed by atoms with Crippen molar-refractivity contribution in [3.8, 4) is 0 Å². The standard InChI is InChI=1S/C17H22N2O2/c1-3-14-15(20)19(11-12-9-10-12)17(2,16(21)18-14)13-7-5-4-6-8-13/h4-8,12,14H,3,9-11H2,1-2H3,(H,18,21). The van der Waals surface area contributed by atoms with Gasteiger partial charge in [-0.1, -0.05) is 37.3 Å². The third-order valence-electron chi connectivity index (χ3n) is 4.73. The van der Waals surface area contributed by atoms with Crippen molar-refractivity contribution in [3.05, 3.63) is 35.9 Å². The number of hydrogen-bond acceptors (Lipinski definition) is 2. The van der Waals surface area contributed by atoms with E-state index in [1.807, 2.05) is 49.1 Å². The van der Waals surface area contributed by atoms with Crippen LogP contribution in [-0.4, -0.2) is 29.3 Å². The molecule has 1 aromatic carbocycles. The number of carbonyl (C=O) groups excluding carboxylic acids is 2. The molecule has 1 N–H and O–H groups in total. The van der Waals surface area contributed by atoms with Crippen LogP contribution in [0, 0.1) is 5.92 Å². The molecular formula is C17H22N2O2. The lowest BCUT2D eigenvalue weighted by molar-refractivity contribution is -0.157. The second kappa shape index (κ2) is 5.17. The second-order valence-electron chi connectivity index (χ2n) is 6.26. The highest BCUT2D eigenvalue weighted by Crippen LogP contribution is 2.38. The Morgan fingerprint density at radius 2 is 1.90 bits per heavy atom. The van der Waals surface area contributed by atoms with Crippen LogP contribution in [0.15, 0.2) is 30.3 Å². The summed E-state index contributed by atoms with van der Waals surface area (Å²) in [5.74, 6) is 0.538. The highest BCUT2D eigenvalue weighted by atomic mass is 16.2. The minimum absolute atomic E-state index is 0.0513. The van der Waals surface area contributed by atoms with Gasteiger partial charge in [0.1, 0.15) is 11.6 Å². The topological polar surface area (TPSA) is 49.4 Å². The first-order valence-corrected chi connectivity index (χ1v) is 7.75. The van der Waals surface area contributed by atoms with Gasteiger partial charge >= 0.3 is 0 Å². The fourth-order valence-electron chi connectivity index (χ4n) is 3.05. The number of piperazine rings is 1. The van der Waals surface area contributed by atoms with Crippen molar-refractivity contribution in [1.29, 1.82) is 0 Å². The summed E-state index contributed by atoms with van der Waals surface area (Å²) in [6, 6.07) is 9.24. The number of benzene rings is 1. The first-order valence-electron chi connectivity index (χ1n) is 7.75. The van der Waals surface area contributed by atoms with Gasteiger partial charge in [0.15, 0.2) is 0 Å². The molecule has 3 rings (SSSR count). The SMILES string of the molecule is CCC1NC(=O)C(C)(c2ccccc2)N(CC2CC2)C1=O. The third kappa shape index (κ3) is 2.33. The van der Waals surface area contributed by atoms with Crippen molar-refractivity contribution in [2.75, 3.05) is 6.54 Å². The first kappa shape index (κ1) is 14.1. The summed E-state index contributed by atoms with van der Waals surface area (Å²) in [5, 5.41) is 2.90. The van der Waals surface area contributed by atoms with E-state index in [4.69, 9.17) is 0 Å². The molecule has 2 fully saturated rings. The molecule has 2 aliphatic rings. The molecule has 2 atom stereocenters. The largest absolute Gasteiger partial charge is 0.342 e. The zero-order chi connectivity index (χ0) is 15.0. The quantitative estimate of drug-likeness (QED) is 0.921. The number of hydrogen-bond donors (Lipinski definition) is 1. The van der Waals surface area contributed by atoms with Gasteiger partial charge in [-0.15, -0.1) is 0 Å². The molecule has 4 nitrogen and oxygen atoms in total. The molecule has 2 amide bonds. The molecule has 0 radical (unpaired) electrons. The lowest BCUT2D eigenvalue weighted by atomic mass is 9.85. The molecule has 0 spiro atoms. The van der Waals surface area contributed by atoms with Crippen LogP contribution in [0.1, 0.15) is 38.7 Å². The zero-order valence-electron chi connectivity index (χ0n) is 12.6. The molecule has 2 unspecified atom stereocenters. The Hall–Kier alpha value is -1.84. The molecule has 1 aliphatic heterocycles. The second-order valence-corrected chi connectivity index (χ2v) is 6.26. The molecule has 4 heteroatoms. The molecular weight excluding hydrogens is 264 g/mol. The third-order valence-corrected chi connectivity index (χ3v) is 4.73. The predicted octanol–water partition coefficient (Wildman–Crippen LogP) is 2.05. The lowest BCUT2D eigenvalue weighted by Crippen LogP contribution is -2.67. The van der Waals surface area contributed by atoms with Crippen molar-refractivity contribution >= 4 is 11.8 Å². The van der Waals surface area contributed by atoms with E-state index in [1.165, 1.54) is 0 Å². The molecule has 21 heavy (non-hydrogen) atoms. The molecule has 1 saturated heterocycles. The summed E-state index contributed by atoms with van der Waals surface area (Å²) in [5.41, 5.74) is -0.0156. The summed E-state index contributed by atoms with van der Waals surface area (Å²) in [6.07, 6.45) is 2.96. The van der Waals surface area contributed by atoms with Gasteiger partial charge in [-0.3, -0.25) is 9.59 Å². The fraction of sp³-hybridized carbons (Fsp3) is 0.529. The summed E-state index contributed by atoms with van der Waals surface area (Å²) in [7, 11) is 0. The van der Waals surface area contributed by atoms with E-state index in [0.29, 0.717) is 18.9 Å². The van der Waals surface area contributed by atoms with E-state index < -0.39 is 5.54 Å². The smallest absolute Gasteiger partial charge is 0.251 e. The van der Waals surface area contributed by atoms with E-state index >= 15 is 0 Å². The average Bonchev–Trinajstić information content (AvgIpc) is 3.32. The Bertz CT molecular complexity index is 553. The highest BCUT2D eigenvalue weighted by Gasteiger charge is 2.51. The minimum atomic E-state index is -0.896. The van der Waals surface area contributed by atoms with Crippen LogP contribution < -0.4 is 5.32 Å². The van der Waals surface area contributed by atoms with E-state index in [-0.39, 0.29) is 17.9 Å². The normalized spacial score (nSPS) is 29.4. The summed E-state index contributed by atoms with van der Waals surface area (Å²) < 4.78 is 0. The summed E-state index contributed by atoms with van der Waals surface area (Å²) in [6.45, 7) is 4.49.